The number of hydrogen-bond donors (Lipinski definition) is 3. The summed E-state index contributed by atoms with van der Waals surface area (Å²) in [7, 11) is -3.51. The van der Waals surface area contributed by atoms with Gasteiger partial charge in [-0.25, -0.2) is 0 Å². The van der Waals surface area contributed by atoms with E-state index in [9.17, 15) is 8.42 Å². The van der Waals surface area contributed by atoms with E-state index >= 15 is 0 Å². The molecular weight excluding hydrogens is 284 g/mol. The van der Waals surface area contributed by atoms with Crippen LogP contribution in [-0.2, 0) is 16.8 Å². The molecule has 7 heteroatoms. The number of hydrogen-bond acceptors (Lipinski definition) is 4. The third-order valence-corrected chi connectivity index (χ3v) is 4.18. The van der Waals surface area contributed by atoms with Gasteiger partial charge in [-0.15, -0.1) is 11.3 Å². The van der Waals surface area contributed by atoms with Crippen LogP contribution >= 0.6 is 11.3 Å². The van der Waals surface area contributed by atoms with E-state index in [-0.39, 0.29) is 13.2 Å². The molecule has 1 aromatic heterocycles. The second-order valence-electron chi connectivity index (χ2n) is 4.94. The molecule has 0 aliphatic carbocycles. The summed E-state index contributed by atoms with van der Waals surface area (Å²) in [5.41, 5.74) is 0.260. The van der Waals surface area contributed by atoms with Gasteiger partial charge >= 0.3 is 0 Å². The molecule has 0 bridgehead atoms. The summed E-state index contributed by atoms with van der Waals surface area (Å²) in [6.07, 6.45) is 0. The van der Waals surface area contributed by atoms with E-state index in [1.54, 1.807) is 26.8 Å². The monoisotopic (exact) mass is 302 g/mol. The van der Waals surface area contributed by atoms with Crippen LogP contribution < -0.4 is 9.44 Å². The Balaban J connectivity index is 2.60. The normalized spacial score (nSPS) is 12.0. The van der Waals surface area contributed by atoms with Gasteiger partial charge in [0, 0.05) is 27.9 Å². The van der Waals surface area contributed by atoms with Gasteiger partial charge < -0.3 is 5.11 Å². The van der Waals surface area contributed by atoms with Crippen LogP contribution in [0.4, 0.5) is 0 Å². The maximum atomic E-state index is 11.7. The molecule has 1 rings (SSSR count). The highest BCUT2D eigenvalue weighted by Crippen LogP contribution is 2.13. The van der Waals surface area contributed by atoms with Gasteiger partial charge in [-0.2, -0.15) is 17.9 Å². The highest BCUT2D eigenvalue weighted by atomic mass is 32.2. The van der Waals surface area contributed by atoms with Crippen molar-refractivity contribution in [2.75, 3.05) is 6.61 Å². The molecule has 0 aromatic carbocycles. The van der Waals surface area contributed by atoms with E-state index in [0.717, 1.165) is 10.4 Å². The summed E-state index contributed by atoms with van der Waals surface area (Å²) in [6.45, 7) is 5.37. The summed E-state index contributed by atoms with van der Waals surface area (Å²) < 4.78 is 28.4. The largest absolute Gasteiger partial charge is 0.384 e. The van der Waals surface area contributed by atoms with Gasteiger partial charge in [0.05, 0.1) is 0 Å². The van der Waals surface area contributed by atoms with E-state index in [4.69, 9.17) is 5.11 Å². The van der Waals surface area contributed by atoms with Gasteiger partial charge in [-0.05, 0) is 26.8 Å². The van der Waals surface area contributed by atoms with E-state index in [1.165, 1.54) is 11.3 Å². The average molecular weight is 302 g/mol. The average Bonchev–Trinajstić information content (AvgIpc) is 2.68. The molecule has 0 radical (unpaired) electrons. The molecule has 3 N–H and O–H groups in total. The summed E-state index contributed by atoms with van der Waals surface area (Å²) in [5, 5.41) is 10.4. The van der Waals surface area contributed by atoms with Crippen LogP contribution in [0.1, 0.15) is 31.2 Å². The van der Waals surface area contributed by atoms with Crippen molar-refractivity contribution in [1.82, 2.24) is 9.44 Å². The predicted molar refractivity (Wildman–Crippen MR) is 76.9 cm³/mol. The Morgan fingerprint density at radius 2 is 2.11 bits per heavy atom. The zero-order chi connectivity index (χ0) is 14.5. The molecule has 106 valence electrons. The molecule has 0 saturated heterocycles. The van der Waals surface area contributed by atoms with E-state index in [0.29, 0.717) is 0 Å². The third-order valence-electron chi connectivity index (χ3n) is 1.84. The maximum absolute atomic E-state index is 11.7. The van der Waals surface area contributed by atoms with Gasteiger partial charge in [0.1, 0.15) is 6.61 Å². The van der Waals surface area contributed by atoms with Gasteiger partial charge in [0.25, 0.3) is 10.2 Å². The SMILES string of the molecule is CC(C)(C)NS(=O)(=O)NCc1cc(C#CCO)cs1. The Labute approximate surface area is 118 Å². The van der Waals surface area contributed by atoms with Crippen molar-refractivity contribution in [1.29, 1.82) is 0 Å². The molecule has 0 fully saturated rings. The molecule has 0 aliphatic heterocycles. The van der Waals surface area contributed by atoms with Crippen LogP contribution in [0.5, 0.6) is 0 Å². The van der Waals surface area contributed by atoms with Crippen LogP contribution in [0, 0.1) is 11.8 Å². The van der Waals surface area contributed by atoms with Crippen molar-refractivity contribution in [2.24, 2.45) is 0 Å². The molecule has 19 heavy (non-hydrogen) atoms. The number of thiophene rings is 1. The van der Waals surface area contributed by atoms with Crippen molar-refractivity contribution >= 4 is 21.5 Å². The lowest BCUT2D eigenvalue weighted by Gasteiger charge is -2.20. The van der Waals surface area contributed by atoms with E-state index in [2.05, 4.69) is 21.3 Å². The fourth-order valence-corrected chi connectivity index (χ4v) is 3.36. The molecule has 1 aromatic rings. The van der Waals surface area contributed by atoms with Crippen LogP contribution in [0.2, 0.25) is 0 Å². The molecular formula is C12H18N2O3S2. The van der Waals surface area contributed by atoms with Gasteiger partial charge in [0.2, 0.25) is 0 Å². The Morgan fingerprint density at radius 1 is 1.42 bits per heavy atom. The minimum atomic E-state index is -3.51. The first-order valence-corrected chi connectivity index (χ1v) is 8.04. The maximum Gasteiger partial charge on any atom is 0.277 e. The summed E-state index contributed by atoms with van der Waals surface area (Å²) in [6, 6.07) is 1.80. The standard InChI is InChI=1S/C12H18N2O3S2/c1-12(2,3)14-19(16,17)13-8-11-7-10(9-18-11)5-4-6-15/h7,9,13-15H,6,8H2,1-3H3. The first kappa shape index (κ1) is 16.1. The van der Waals surface area contributed by atoms with Crippen LogP contribution in [0.3, 0.4) is 0 Å². The topological polar surface area (TPSA) is 78.4 Å². The lowest BCUT2D eigenvalue weighted by Crippen LogP contribution is -2.46. The van der Waals surface area contributed by atoms with Crippen LogP contribution in [0.25, 0.3) is 0 Å². The first-order valence-electron chi connectivity index (χ1n) is 5.67. The van der Waals surface area contributed by atoms with Crippen molar-refractivity contribution in [3.63, 3.8) is 0 Å². The highest BCUT2D eigenvalue weighted by Gasteiger charge is 2.19. The lowest BCUT2D eigenvalue weighted by molar-refractivity contribution is 0.350. The van der Waals surface area contributed by atoms with Crippen molar-refractivity contribution in [3.05, 3.63) is 21.9 Å². The zero-order valence-electron chi connectivity index (χ0n) is 11.1. The molecule has 0 saturated carbocycles. The van der Waals surface area contributed by atoms with E-state index < -0.39 is 15.7 Å². The predicted octanol–water partition coefficient (Wildman–Crippen LogP) is 0.814. The second-order valence-corrected chi connectivity index (χ2v) is 7.43. The fraction of sp³-hybridized carbons (Fsp3) is 0.500. The Morgan fingerprint density at radius 3 is 2.68 bits per heavy atom. The Hall–Kier alpha value is -0.910. The fourth-order valence-electron chi connectivity index (χ4n) is 1.29. The molecule has 0 aliphatic rings. The molecule has 0 spiro atoms. The summed E-state index contributed by atoms with van der Waals surface area (Å²) >= 11 is 1.42. The summed E-state index contributed by atoms with van der Waals surface area (Å²) in [4.78, 5) is 0.863. The molecule has 0 amide bonds. The number of rotatable bonds is 4. The molecule has 0 atom stereocenters. The van der Waals surface area contributed by atoms with Crippen molar-refractivity contribution in [3.8, 4) is 11.8 Å². The molecule has 1 heterocycles. The highest BCUT2D eigenvalue weighted by molar-refractivity contribution is 7.87. The Kier molecular flexibility index (Phi) is 5.52. The minimum Gasteiger partial charge on any atom is -0.384 e. The van der Waals surface area contributed by atoms with Gasteiger partial charge in [-0.3, -0.25) is 0 Å². The van der Waals surface area contributed by atoms with Gasteiger partial charge in [-0.1, -0.05) is 11.8 Å². The first-order chi connectivity index (χ1) is 8.72. The van der Waals surface area contributed by atoms with Gasteiger partial charge in [0.15, 0.2) is 0 Å². The van der Waals surface area contributed by atoms with Crippen molar-refractivity contribution < 1.29 is 13.5 Å². The second kappa shape index (κ2) is 6.50. The number of nitrogens with one attached hydrogen (secondary N) is 2. The lowest BCUT2D eigenvalue weighted by atomic mass is 10.1. The van der Waals surface area contributed by atoms with E-state index in [1.807, 2.05) is 5.38 Å². The number of aliphatic hydroxyl groups is 1. The smallest absolute Gasteiger partial charge is 0.277 e. The van der Waals surface area contributed by atoms with Crippen LogP contribution in [-0.4, -0.2) is 25.7 Å². The molecule has 0 unspecified atom stereocenters. The van der Waals surface area contributed by atoms with Crippen molar-refractivity contribution in [2.45, 2.75) is 32.9 Å². The minimum absolute atomic E-state index is 0.187. The zero-order valence-corrected chi connectivity index (χ0v) is 12.8. The molecule has 5 nitrogen and oxygen atoms in total. The third kappa shape index (κ3) is 6.71. The van der Waals surface area contributed by atoms with Crippen LogP contribution in [0.15, 0.2) is 11.4 Å². The Bertz CT molecular complexity index is 574. The summed E-state index contributed by atoms with van der Waals surface area (Å²) in [5.74, 6) is 5.31. The number of aliphatic hydroxyl groups excluding tert-OH is 1. The quantitative estimate of drug-likeness (QED) is 0.720.